The number of thiophene rings is 1. The standard InChI is InChI=1S/C12H18BrNOS/c1-3-10-8-15-9(2)6-14(10)7-12-11(13)4-5-16-12/h4-5,9-10H,3,6-8H2,1-2H3. The highest BCUT2D eigenvalue weighted by Gasteiger charge is 2.26. The predicted octanol–water partition coefficient (Wildman–Crippen LogP) is 3.51. The molecule has 0 aromatic carbocycles. The lowest BCUT2D eigenvalue weighted by atomic mass is 10.1. The first-order valence-corrected chi connectivity index (χ1v) is 7.45. The lowest BCUT2D eigenvalue weighted by molar-refractivity contribution is -0.0589. The van der Waals surface area contributed by atoms with Gasteiger partial charge >= 0.3 is 0 Å². The maximum Gasteiger partial charge on any atom is 0.0674 e. The van der Waals surface area contributed by atoms with E-state index in [0.29, 0.717) is 12.1 Å². The predicted molar refractivity (Wildman–Crippen MR) is 71.9 cm³/mol. The van der Waals surface area contributed by atoms with Gasteiger partial charge in [-0.05, 0) is 40.7 Å². The van der Waals surface area contributed by atoms with Crippen molar-refractivity contribution in [1.82, 2.24) is 4.90 Å². The lowest BCUT2D eigenvalue weighted by Crippen LogP contribution is -2.47. The van der Waals surface area contributed by atoms with E-state index in [4.69, 9.17) is 4.74 Å². The second-order valence-corrected chi connectivity index (χ2v) is 6.18. The summed E-state index contributed by atoms with van der Waals surface area (Å²) in [5, 5.41) is 2.14. The molecule has 0 aliphatic carbocycles. The van der Waals surface area contributed by atoms with Crippen LogP contribution in [0.25, 0.3) is 0 Å². The molecule has 1 fully saturated rings. The molecule has 1 aromatic rings. The molecule has 0 N–H and O–H groups in total. The van der Waals surface area contributed by atoms with Crippen molar-refractivity contribution < 1.29 is 4.74 Å². The molecular formula is C12H18BrNOS. The summed E-state index contributed by atoms with van der Waals surface area (Å²) in [6.07, 6.45) is 1.52. The van der Waals surface area contributed by atoms with Crippen molar-refractivity contribution in [1.29, 1.82) is 0 Å². The first-order valence-electron chi connectivity index (χ1n) is 5.78. The number of nitrogens with zero attached hydrogens (tertiary/aromatic N) is 1. The largest absolute Gasteiger partial charge is 0.376 e. The third-order valence-corrected chi connectivity index (χ3v) is 5.00. The van der Waals surface area contributed by atoms with E-state index in [-0.39, 0.29) is 0 Å². The van der Waals surface area contributed by atoms with Crippen molar-refractivity contribution >= 4 is 27.3 Å². The summed E-state index contributed by atoms with van der Waals surface area (Å²) >= 11 is 5.43. The molecule has 0 radical (unpaired) electrons. The third-order valence-electron chi connectivity index (χ3n) is 3.09. The van der Waals surface area contributed by atoms with Crippen LogP contribution < -0.4 is 0 Å². The number of rotatable bonds is 3. The molecule has 1 aliphatic rings. The molecular weight excluding hydrogens is 286 g/mol. The number of hydrogen-bond acceptors (Lipinski definition) is 3. The molecule has 2 heterocycles. The summed E-state index contributed by atoms with van der Waals surface area (Å²) < 4.78 is 6.95. The molecule has 16 heavy (non-hydrogen) atoms. The Hall–Kier alpha value is 0.100. The molecule has 4 heteroatoms. The molecule has 2 rings (SSSR count). The van der Waals surface area contributed by atoms with Gasteiger partial charge in [0.1, 0.15) is 0 Å². The average molecular weight is 304 g/mol. The van der Waals surface area contributed by atoms with E-state index in [0.717, 1.165) is 26.1 Å². The van der Waals surface area contributed by atoms with Gasteiger partial charge in [-0.25, -0.2) is 0 Å². The maximum atomic E-state index is 5.71. The monoisotopic (exact) mass is 303 g/mol. The van der Waals surface area contributed by atoms with Gasteiger partial charge in [0, 0.05) is 28.5 Å². The van der Waals surface area contributed by atoms with Crippen LogP contribution in [0.5, 0.6) is 0 Å². The first-order chi connectivity index (χ1) is 7.70. The molecule has 1 saturated heterocycles. The van der Waals surface area contributed by atoms with Gasteiger partial charge in [0.25, 0.3) is 0 Å². The quantitative estimate of drug-likeness (QED) is 0.847. The lowest BCUT2D eigenvalue weighted by Gasteiger charge is -2.38. The summed E-state index contributed by atoms with van der Waals surface area (Å²) in [4.78, 5) is 3.97. The van der Waals surface area contributed by atoms with Crippen molar-refractivity contribution in [3.8, 4) is 0 Å². The van der Waals surface area contributed by atoms with Gasteiger partial charge in [0.2, 0.25) is 0 Å². The molecule has 2 atom stereocenters. The molecule has 0 bridgehead atoms. The Bertz CT molecular complexity index is 342. The van der Waals surface area contributed by atoms with Crippen LogP contribution in [-0.4, -0.2) is 30.2 Å². The van der Waals surface area contributed by atoms with Crippen LogP contribution in [0.1, 0.15) is 25.1 Å². The fourth-order valence-electron chi connectivity index (χ4n) is 2.10. The van der Waals surface area contributed by atoms with Crippen molar-refractivity contribution in [2.24, 2.45) is 0 Å². The van der Waals surface area contributed by atoms with E-state index < -0.39 is 0 Å². The molecule has 2 unspecified atom stereocenters. The van der Waals surface area contributed by atoms with Crippen molar-refractivity contribution in [3.63, 3.8) is 0 Å². The van der Waals surface area contributed by atoms with Crippen LogP contribution in [0.3, 0.4) is 0 Å². The zero-order chi connectivity index (χ0) is 11.5. The van der Waals surface area contributed by atoms with Crippen molar-refractivity contribution in [2.45, 2.75) is 39.0 Å². The Morgan fingerprint density at radius 2 is 2.44 bits per heavy atom. The van der Waals surface area contributed by atoms with Crippen molar-refractivity contribution in [3.05, 3.63) is 20.8 Å². The smallest absolute Gasteiger partial charge is 0.0674 e. The Morgan fingerprint density at radius 1 is 1.62 bits per heavy atom. The Labute approximate surface area is 110 Å². The molecule has 2 nitrogen and oxygen atoms in total. The minimum atomic E-state index is 0.363. The van der Waals surface area contributed by atoms with E-state index in [1.807, 2.05) is 11.3 Å². The number of ether oxygens (including phenoxy) is 1. The minimum Gasteiger partial charge on any atom is -0.376 e. The zero-order valence-electron chi connectivity index (χ0n) is 9.78. The highest BCUT2D eigenvalue weighted by atomic mass is 79.9. The first kappa shape index (κ1) is 12.6. The van der Waals surface area contributed by atoms with Gasteiger partial charge in [-0.3, -0.25) is 4.90 Å². The van der Waals surface area contributed by atoms with E-state index in [1.165, 1.54) is 9.35 Å². The normalized spacial score (nSPS) is 27.2. The SMILES string of the molecule is CCC1COC(C)CN1Cc1sccc1Br. The maximum absolute atomic E-state index is 5.71. The number of hydrogen-bond donors (Lipinski definition) is 0. The Balaban J connectivity index is 2.03. The second-order valence-electron chi connectivity index (χ2n) is 4.33. The van der Waals surface area contributed by atoms with Crippen LogP contribution in [0.2, 0.25) is 0 Å². The Morgan fingerprint density at radius 3 is 3.06 bits per heavy atom. The van der Waals surface area contributed by atoms with E-state index >= 15 is 0 Å². The second kappa shape index (κ2) is 5.63. The fraction of sp³-hybridized carbons (Fsp3) is 0.667. The third kappa shape index (κ3) is 2.86. The number of morpholine rings is 1. The van der Waals surface area contributed by atoms with Crippen LogP contribution in [0.15, 0.2) is 15.9 Å². The van der Waals surface area contributed by atoms with Gasteiger partial charge in [-0.2, -0.15) is 0 Å². The average Bonchev–Trinajstić information content (AvgIpc) is 2.65. The van der Waals surface area contributed by atoms with Crippen LogP contribution >= 0.6 is 27.3 Å². The van der Waals surface area contributed by atoms with Crippen molar-refractivity contribution in [2.75, 3.05) is 13.2 Å². The van der Waals surface area contributed by atoms with Crippen LogP contribution in [0.4, 0.5) is 0 Å². The molecule has 1 aliphatic heterocycles. The summed E-state index contributed by atoms with van der Waals surface area (Å²) in [7, 11) is 0. The van der Waals surface area contributed by atoms with E-state index in [2.05, 4.69) is 46.1 Å². The van der Waals surface area contributed by atoms with Gasteiger partial charge in [0.15, 0.2) is 0 Å². The highest BCUT2D eigenvalue weighted by Crippen LogP contribution is 2.26. The van der Waals surface area contributed by atoms with Gasteiger partial charge in [-0.1, -0.05) is 6.92 Å². The summed E-state index contributed by atoms with van der Waals surface area (Å²) in [6, 6.07) is 2.70. The Kier molecular flexibility index (Phi) is 4.41. The van der Waals surface area contributed by atoms with Crippen LogP contribution in [0, 0.1) is 0 Å². The molecule has 0 saturated carbocycles. The number of halogens is 1. The van der Waals surface area contributed by atoms with E-state index in [1.54, 1.807) is 0 Å². The molecule has 0 spiro atoms. The summed E-state index contributed by atoms with van der Waals surface area (Å²) in [5.74, 6) is 0. The zero-order valence-corrected chi connectivity index (χ0v) is 12.2. The van der Waals surface area contributed by atoms with Gasteiger partial charge in [-0.15, -0.1) is 11.3 Å². The minimum absolute atomic E-state index is 0.363. The molecule has 90 valence electrons. The molecule has 1 aromatic heterocycles. The van der Waals surface area contributed by atoms with Gasteiger partial charge in [0.05, 0.1) is 12.7 Å². The summed E-state index contributed by atoms with van der Waals surface area (Å²) in [5.41, 5.74) is 0. The van der Waals surface area contributed by atoms with E-state index in [9.17, 15) is 0 Å². The summed E-state index contributed by atoms with van der Waals surface area (Å²) in [6.45, 7) is 7.36. The highest BCUT2D eigenvalue weighted by molar-refractivity contribution is 9.10. The van der Waals surface area contributed by atoms with Gasteiger partial charge < -0.3 is 4.74 Å². The molecule has 0 amide bonds. The van der Waals surface area contributed by atoms with Crippen LogP contribution in [-0.2, 0) is 11.3 Å². The fourth-order valence-corrected chi connectivity index (χ4v) is 3.61. The topological polar surface area (TPSA) is 12.5 Å².